The number of hydrogen-bond donors (Lipinski definition) is 2. The van der Waals surface area contributed by atoms with Crippen LogP contribution in [0.1, 0.15) is 5.56 Å². The number of methoxy groups -OCH3 is 1. The second-order valence-electron chi connectivity index (χ2n) is 5.70. The summed E-state index contributed by atoms with van der Waals surface area (Å²) in [6.07, 6.45) is 2.05. The molecule has 1 aromatic carbocycles. The minimum atomic E-state index is -0.0354. The van der Waals surface area contributed by atoms with Crippen LogP contribution >= 0.6 is 35.7 Å². The Morgan fingerprint density at radius 2 is 1.85 bits per heavy atom. The third-order valence-corrected chi connectivity index (χ3v) is 4.05. The highest BCUT2D eigenvalue weighted by Gasteiger charge is 2.04. The molecule has 0 spiro atoms. The minimum Gasteiger partial charge on any atom is -0.497 e. The number of ether oxygens (including phenoxy) is 2. The first-order chi connectivity index (χ1) is 12.6. The Morgan fingerprint density at radius 1 is 1.19 bits per heavy atom. The number of nitrogens with one attached hydrogen (secondary N) is 2. The SMILES string of the molecule is COc1ccc(COCCNC(=NCC(=O)N(C)C)NCCSC)cc1.I. The number of nitrogens with zero attached hydrogens (tertiary/aromatic N) is 2. The van der Waals surface area contributed by atoms with Crippen molar-refractivity contribution in [2.24, 2.45) is 4.99 Å². The Bertz CT molecular complexity index is 556. The largest absolute Gasteiger partial charge is 0.497 e. The molecule has 0 saturated heterocycles. The zero-order valence-corrected chi connectivity index (χ0v) is 19.6. The lowest BCUT2D eigenvalue weighted by atomic mass is 10.2. The number of aliphatic imine (C=N–C) groups is 1. The van der Waals surface area contributed by atoms with Crippen molar-refractivity contribution in [3.05, 3.63) is 29.8 Å². The molecule has 1 amide bonds. The molecule has 27 heavy (non-hydrogen) atoms. The number of benzene rings is 1. The third kappa shape index (κ3) is 12.0. The highest BCUT2D eigenvalue weighted by molar-refractivity contribution is 14.0. The van der Waals surface area contributed by atoms with Gasteiger partial charge in [0.25, 0.3) is 0 Å². The van der Waals surface area contributed by atoms with Gasteiger partial charge in [0.2, 0.25) is 5.91 Å². The number of amides is 1. The Morgan fingerprint density at radius 3 is 2.44 bits per heavy atom. The van der Waals surface area contributed by atoms with Gasteiger partial charge in [-0.3, -0.25) is 4.79 Å². The molecule has 0 heterocycles. The fourth-order valence-electron chi connectivity index (χ4n) is 1.89. The van der Waals surface area contributed by atoms with Crippen LogP contribution in [0.25, 0.3) is 0 Å². The highest BCUT2D eigenvalue weighted by atomic mass is 127. The van der Waals surface area contributed by atoms with E-state index in [1.54, 1.807) is 33.0 Å². The Labute approximate surface area is 183 Å². The summed E-state index contributed by atoms with van der Waals surface area (Å²) in [6, 6.07) is 7.80. The molecule has 0 aliphatic carbocycles. The van der Waals surface area contributed by atoms with Gasteiger partial charge in [0.1, 0.15) is 12.3 Å². The number of thioether (sulfide) groups is 1. The lowest BCUT2D eigenvalue weighted by Gasteiger charge is -2.13. The molecule has 0 saturated carbocycles. The van der Waals surface area contributed by atoms with E-state index >= 15 is 0 Å². The van der Waals surface area contributed by atoms with Crippen LogP contribution in [-0.2, 0) is 16.1 Å². The van der Waals surface area contributed by atoms with Gasteiger partial charge in [-0.25, -0.2) is 4.99 Å². The zero-order chi connectivity index (χ0) is 19.2. The summed E-state index contributed by atoms with van der Waals surface area (Å²) in [6.45, 7) is 2.59. The Hall–Kier alpha value is -1.20. The molecule has 0 atom stereocenters. The summed E-state index contributed by atoms with van der Waals surface area (Å²) in [5.74, 6) is 2.39. The predicted octanol–water partition coefficient (Wildman–Crippen LogP) is 1.82. The number of halogens is 1. The maximum absolute atomic E-state index is 11.7. The number of carbonyl (C=O) groups excluding carboxylic acids is 1. The molecular weight excluding hydrogens is 479 g/mol. The van der Waals surface area contributed by atoms with E-state index in [-0.39, 0.29) is 36.4 Å². The van der Waals surface area contributed by atoms with Crippen LogP contribution in [0.2, 0.25) is 0 Å². The number of hydrogen-bond acceptors (Lipinski definition) is 5. The van der Waals surface area contributed by atoms with Crippen molar-refractivity contribution in [3.63, 3.8) is 0 Å². The minimum absolute atomic E-state index is 0. The molecule has 0 unspecified atom stereocenters. The van der Waals surface area contributed by atoms with Crippen LogP contribution in [0, 0.1) is 0 Å². The summed E-state index contributed by atoms with van der Waals surface area (Å²) < 4.78 is 10.8. The molecular formula is C18H31IN4O3S. The van der Waals surface area contributed by atoms with Gasteiger partial charge >= 0.3 is 0 Å². The van der Waals surface area contributed by atoms with Gasteiger partial charge in [0.15, 0.2) is 5.96 Å². The summed E-state index contributed by atoms with van der Waals surface area (Å²) in [4.78, 5) is 17.5. The maximum Gasteiger partial charge on any atom is 0.243 e. The van der Waals surface area contributed by atoms with Gasteiger partial charge in [0, 0.05) is 32.9 Å². The van der Waals surface area contributed by atoms with Crippen LogP contribution < -0.4 is 15.4 Å². The van der Waals surface area contributed by atoms with Crippen molar-refractivity contribution in [3.8, 4) is 5.75 Å². The molecule has 7 nitrogen and oxygen atoms in total. The van der Waals surface area contributed by atoms with E-state index in [9.17, 15) is 4.79 Å². The molecule has 154 valence electrons. The van der Waals surface area contributed by atoms with Gasteiger partial charge in [-0.05, 0) is 24.0 Å². The average Bonchev–Trinajstić information content (AvgIpc) is 2.65. The number of guanidine groups is 1. The number of likely N-dealkylation sites (N-methyl/N-ethyl adjacent to an activating group) is 1. The van der Waals surface area contributed by atoms with Crippen LogP contribution in [0.15, 0.2) is 29.3 Å². The van der Waals surface area contributed by atoms with Crippen molar-refractivity contribution in [2.45, 2.75) is 6.61 Å². The average molecular weight is 510 g/mol. The second kappa shape index (κ2) is 15.8. The first-order valence-corrected chi connectivity index (χ1v) is 9.88. The van der Waals surface area contributed by atoms with E-state index in [2.05, 4.69) is 21.9 Å². The first-order valence-electron chi connectivity index (χ1n) is 8.48. The lowest BCUT2D eigenvalue weighted by molar-refractivity contribution is -0.127. The van der Waals surface area contributed by atoms with Gasteiger partial charge in [-0.1, -0.05) is 12.1 Å². The van der Waals surface area contributed by atoms with Gasteiger partial charge in [-0.2, -0.15) is 11.8 Å². The monoisotopic (exact) mass is 510 g/mol. The third-order valence-electron chi connectivity index (χ3n) is 3.44. The number of carbonyl (C=O) groups is 1. The first kappa shape index (κ1) is 25.8. The quantitative estimate of drug-likeness (QED) is 0.205. The topological polar surface area (TPSA) is 75.2 Å². The van der Waals surface area contributed by atoms with E-state index < -0.39 is 0 Å². The van der Waals surface area contributed by atoms with Crippen LogP contribution in [0.5, 0.6) is 5.75 Å². The van der Waals surface area contributed by atoms with Crippen LogP contribution in [-0.4, -0.2) is 76.2 Å². The lowest BCUT2D eigenvalue weighted by Crippen LogP contribution is -2.41. The zero-order valence-electron chi connectivity index (χ0n) is 16.5. The van der Waals surface area contributed by atoms with E-state index in [1.165, 1.54) is 4.90 Å². The molecule has 0 radical (unpaired) electrons. The van der Waals surface area contributed by atoms with Gasteiger partial charge in [-0.15, -0.1) is 24.0 Å². The molecule has 0 aliphatic heterocycles. The normalized spacial score (nSPS) is 10.7. The van der Waals surface area contributed by atoms with E-state index in [0.717, 1.165) is 23.6 Å². The maximum atomic E-state index is 11.7. The predicted molar refractivity (Wildman–Crippen MR) is 123 cm³/mol. The fraction of sp³-hybridized carbons (Fsp3) is 0.556. The smallest absolute Gasteiger partial charge is 0.243 e. The molecule has 1 rings (SSSR count). The number of rotatable bonds is 11. The molecule has 9 heteroatoms. The molecule has 0 aromatic heterocycles. The van der Waals surface area contributed by atoms with Gasteiger partial charge < -0.3 is 25.0 Å². The second-order valence-corrected chi connectivity index (χ2v) is 6.69. The van der Waals surface area contributed by atoms with Crippen molar-refractivity contribution in [1.82, 2.24) is 15.5 Å². The van der Waals surface area contributed by atoms with Gasteiger partial charge in [0.05, 0.1) is 20.3 Å². The summed E-state index contributed by atoms with van der Waals surface area (Å²) in [7, 11) is 5.09. The highest BCUT2D eigenvalue weighted by Crippen LogP contribution is 2.11. The molecule has 0 bridgehead atoms. The summed E-state index contributed by atoms with van der Waals surface area (Å²) >= 11 is 1.75. The molecule has 0 aliphatic rings. The van der Waals surface area contributed by atoms with E-state index in [0.29, 0.717) is 25.7 Å². The van der Waals surface area contributed by atoms with Crippen LogP contribution in [0.4, 0.5) is 0 Å². The molecule has 0 fully saturated rings. The fourth-order valence-corrected chi connectivity index (χ4v) is 2.19. The van der Waals surface area contributed by atoms with Crippen LogP contribution in [0.3, 0.4) is 0 Å². The molecule has 2 N–H and O–H groups in total. The van der Waals surface area contributed by atoms with E-state index in [4.69, 9.17) is 9.47 Å². The standard InChI is InChI=1S/C18H30N4O3S.HI/c1-22(2)17(23)13-21-18(20-10-12-26-4)19-9-11-25-14-15-5-7-16(24-3)8-6-15;/h5-8H,9-14H2,1-4H3,(H2,19,20,21);1H. The van der Waals surface area contributed by atoms with Crippen molar-refractivity contribution in [2.75, 3.05) is 59.5 Å². The van der Waals surface area contributed by atoms with Crippen molar-refractivity contribution < 1.29 is 14.3 Å². The van der Waals surface area contributed by atoms with Crippen molar-refractivity contribution >= 4 is 47.6 Å². The summed E-state index contributed by atoms with van der Waals surface area (Å²) in [5, 5.41) is 6.41. The molecule has 1 aromatic rings. The Balaban J connectivity index is 0.00000676. The summed E-state index contributed by atoms with van der Waals surface area (Å²) in [5.41, 5.74) is 1.09. The van der Waals surface area contributed by atoms with E-state index in [1.807, 2.05) is 24.3 Å². The van der Waals surface area contributed by atoms with Crippen molar-refractivity contribution in [1.29, 1.82) is 0 Å². The Kier molecular flexibility index (Phi) is 15.1.